The standard InChI is InChI=1S/C16H24N2O/c1-13(2)18-9-6-16(3,7-10-18)15(19)11-14-5-4-8-17-12-14/h4-5,8,12-13H,6-7,9-11H2,1-3H3. The summed E-state index contributed by atoms with van der Waals surface area (Å²) in [6.45, 7) is 8.64. The molecular formula is C16H24N2O. The molecule has 1 aromatic heterocycles. The maximum Gasteiger partial charge on any atom is 0.143 e. The SMILES string of the molecule is CC(C)N1CCC(C)(C(=O)Cc2cccnc2)CC1. The predicted octanol–water partition coefficient (Wildman–Crippen LogP) is 2.70. The lowest BCUT2D eigenvalue weighted by atomic mass is 9.75. The number of pyridine rings is 1. The Kier molecular flexibility index (Phi) is 4.35. The first-order valence-corrected chi connectivity index (χ1v) is 7.17. The highest BCUT2D eigenvalue weighted by molar-refractivity contribution is 5.86. The summed E-state index contributed by atoms with van der Waals surface area (Å²) in [5.74, 6) is 0.365. The zero-order chi connectivity index (χ0) is 13.9. The van der Waals surface area contributed by atoms with E-state index < -0.39 is 0 Å². The smallest absolute Gasteiger partial charge is 0.143 e. The summed E-state index contributed by atoms with van der Waals surface area (Å²) >= 11 is 0. The number of likely N-dealkylation sites (tertiary alicyclic amines) is 1. The van der Waals surface area contributed by atoms with Crippen LogP contribution in [0, 0.1) is 5.41 Å². The Balaban J connectivity index is 1.96. The molecule has 3 nitrogen and oxygen atoms in total. The van der Waals surface area contributed by atoms with Crippen molar-refractivity contribution >= 4 is 5.78 Å². The number of carbonyl (C=O) groups is 1. The van der Waals surface area contributed by atoms with E-state index in [2.05, 4.69) is 30.7 Å². The van der Waals surface area contributed by atoms with Crippen molar-refractivity contribution in [3.63, 3.8) is 0 Å². The fraction of sp³-hybridized carbons (Fsp3) is 0.625. The third-order valence-electron chi connectivity index (χ3n) is 4.39. The van der Waals surface area contributed by atoms with Crippen LogP contribution in [0.4, 0.5) is 0 Å². The fourth-order valence-electron chi connectivity index (χ4n) is 2.71. The molecule has 0 aromatic carbocycles. The predicted molar refractivity (Wildman–Crippen MR) is 77.0 cm³/mol. The van der Waals surface area contributed by atoms with Crippen LogP contribution < -0.4 is 0 Å². The first kappa shape index (κ1) is 14.2. The topological polar surface area (TPSA) is 33.2 Å². The van der Waals surface area contributed by atoms with Crippen LogP contribution in [0.5, 0.6) is 0 Å². The van der Waals surface area contributed by atoms with Crippen molar-refractivity contribution in [3.8, 4) is 0 Å². The number of rotatable bonds is 4. The average molecular weight is 260 g/mol. The Labute approximate surface area is 116 Å². The Morgan fingerprint density at radius 1 is 1.42 bits per heavy atom. The molecule has 0 spiro atoms. The molecule has 0 amide bonds. The minimum absolute atomic E-state index is 0.152. The Hall–Kier alpha value is -1.22. The molecule has 1 aliphatic heterocycles. The van der Waals surface area contributed by atoms with Crippen LogP contribution in [0.3, 0.4) is 0 Å². The normalized spacial score (nSPS) is 19.6. The van der Waals surface area contributed by atoms with Crippen LogP contribution in [0.15, 0.2) is 24.5 Å². The van der Waals surface area contributed by atoms with Gasteiger partial charge in [0.15, 0.2) is 0 Å². The number of Topliss-reactive ketones (excluding diaryl/α,β-unsaturated/α-hetero) is 1. The average Bonchev–Trinajstić information content (AvgIpc) is 2.40. The van der Waals surface area contributed by atoms with Crippen molar-refractivity contribution in [3.05, 3.63) is 30.1 Å². The number of carbonyl (C=O) groups excluding carboxylic acids is 1. The molecule has 0 radical (unpaired) electrons. The monoisotopic (exact) mass is 260 g/mol. The van der Waals surface area contributed by atoms with Gasteiger partial charge in [-0.15, -0.1) is 0 Å². The van der Waals surface area contributed by atoms with Crippen molar-refractivity contribution < 1.29 is 4.79 Å². The van der Waals surface area contributed by atoms with Gasteiger partial charge in [-0.1, -0.05) is 13.0 Å². The van der Waals surface area contributed by atoms with Crippen LogP contribution in [-0.4, -0.2) is 34.8 Å². The van der Waals surface area contributed by atoms with Gasteiger partial charge in [0.1, 0.15) is 5.78 Å². The second-order valence-electron chi connectivity index (χ2n) is 6.15. The maximum absolute atomic E-state index is 12.5. The number of hydrogen-bond donors (Lipinski definition) is 0. The summed E-state index contributed by atoms with van der Waals surface area (Å²) in [7, 11) is 0. The molecule has 2 heterocycles. The zero-order valence-corrected chi connectivity index (χ0v) is 12.2. The highest BCUT2D eigenvalue weighted by atomic mass is 16.1. The second-order valence-corrected chi connectivity index (χ2v) is 6.15. The maximum atomic E-state index is 12.5. The van der Waals surface area contributed by atoms with Crippen molar-refractivity contribution in [2.24, 2.45) is 5.41 Å². The van der Waals surface area contributed by atoms with Crippen LogP contribution in [0.25, 0.3) is 0 Å². The quantitative estimate of drug-likeness (QED) is 0.834. The van der Waals surface area contributed by atoms with Crippen LogP contribution in [0.1, 0.15) is 39.2 Å². The van der Waals surface area contributed by atoms with Gasteiger partial charge < -0.3 is 4.90 Å². The fourth-order valence-corrected chi connectivity index (χ4v) is 2.71. The third kappa shape index (κ3) is 3.41. The van der Waals surface area contributed by atoms with E-state index in [-0.39, 0.29) is 5.41 Å². The minimum atomic E-state index is -0.152. The molecule has 2 rings (SSSR count). The van der Waals surface area contributed by atoms with Gasteiger partial charge in [0.25, 0.3) is 0 Å². The highest BCUT2D eigenvalue weighted by Crippen LogP contribution is 2.33. The molecule has 0 bridgehead atoms. The molecule has 0 N–H and O–H groups in total. The Bertz CT molecular complexity index is 420. The molecule has 1 aromatic rings. The summed E-state index contributed by atoms with van der Waals surface area (Å²) < 4.78 is 0. The van der Waals surface area contributed by atoms with E-state index in [9.17, 15) is 4.79 Å². The van der Waals surface area contributed by atoms with Crippen LogP contribution in [0.2, 0.25) is 0 Å². The molecule has 3 heteroatoms. The molecular weight excluding hydrogens is 236 g/mol. The molecule has 1 aliphatic rings. The van der Waals surface area contributed by atoms with E-state index in [1.807, 2.05) is 12.1 Å². The summed E-state index contributed by atoms with van der Waals surface area (Å²) in [5, 5.41) is 0. The second kappa shape index (κ2) is 5.83. The largest absolute Gasteiger partial charge is 0.301 e. The molecule has 0 aliphatic carbocycles. The molecule has 0 unspecified atom stereocenters. The van der Waals surface area contributed by atoms with E-state index in [1.165, 1.54) is 0 Å². The molecule has 0 atom stereocenters. The number of hydrogen-bond acceptors (Lipinski definition) is 3. The third-order valence-corrected chi connectivity index (χ3v) is 4.39. The lowest BCUT2D eigenvalue weighted by Crippen LogP contribution is -2.45. The number of ketones is 1. The number of aromatic nitrogens is 1. The summed E-state index contributed by atoms with van der Waals surface area (Å²) in [4.78, 5) is 19.1. The Morgan fingerprint density at radius 2 is 2.11 bits per heavy atom. The van der Waals surface area contributed by atoms with Gasteiger partial charge in [0, 0.05) is 30.3 Å². The molecule has 1 saturated heterocycles. The van der Waals surface area contributed by atoms with Crippen molar-refractivity contribution in [1.29, 1.82) is 0 Å². The lowest BCUT2D eigenvalue weighted by Gasteiger charge is -2.40. The van der Waals surface area contributed by atoms with E-state index in [1.54, 1.807) is 12.4 Å². The molecule has 1 fully saturated rings. The minimum Gasteiger partial charge on any atom is -0.301 e. The van der Waals surface area contributed by atoms with Gasteiger partial charge in [-0.2, -0.15) is 0 Å². The van der Waals surface area contributed by atoms with Gasteiger partial charge in [-0.25, -0.2) is 0 Å². The van der Waals surface area contributed by atoms with Gasteiger partial charge in [-0.05, 0) is 51.4 Å². The highest BCUT2D eigenvalue weighted by Gasteiger charge is 2.36. The molecule has 0 saturated carbocycles. The van der Waals surface area contributed by atoms with Crippen molar-refractivity contribution in [2.45, 2.75) is 46.1 Å². The van der Waals surface area contributed by atoms with Crippen molar-refractivity contribution in [2.75, 3.05) is 13.1 Å². The van der Waals surface area contributed by atoms with Crippen molar-refractivity contribution in [1.82, 2.24) is 9.88 Å². The lowest BCUT2D eigenvalue weighted by molar-refractivity contribution is -0.130. The Morgan fingerprint density at radius 3 is 2.63 bits per heavy atom. The van der Waals surface area contributed by atoms with E-state index in [0.717, 1.165) is 31.5 Å². The number of nitrogens with zero attached hydrogens (tertiary/aromatic N) is 2. The van der Waals surface area contributed by atoms with Crippen LogP contribution in [-0.2, 0) is 11.2 Å². The van der Waals surface area contributed by atoms with Gasteiger partial charge in [-0.3, -0.25) is 9.78 Å². The zero-order valence-electron chi connectivity index (χ0n) is 12.2. The summed E-state index contributed by atoms with van der Waals surface area (Å²) in [6.07, 6.45) is 6.02. The first-order chi connectivity index (χ1) is 9.01. The summed E-state index contributed by atoms with van der Waals surface area (Å²) in [5.41, 5.74) is 0.876. The first-order valence-electron chi connectivity index (χ1n) is 7.17. The number of piperidine rings is 1. The van der Waals surface area contributed by atoms with Gasteiger partial charge >= 0.3 is 0 Å². The molecule has 104 valence electrons. The summed E-state index contributed by atoms with van der Waals surface area (Å²) in [6, 6.07) is 4.46. The van der Waals surface area contributed by atoms with E-state index in [4.69, 9.17) is 0 Å². The van der Waals surface area contributed by atoms with Crippen LogP contribution >= 0.6 is 0 Å². The molecule has 19 heavy (non-hydrogen) atoms. The van der Waals surface area contributed by atoms with E-state index >= 15 is 0 Å². The van der Waals surface area contributed by atoms with Gasteiger partial charge in [0.05, 0.1) is 0 Å². The van der Waals surface area contributed by atoms with E-state index in [0.29, 0.717) is 18.2 Å². The van der Waals surface area contributed by atoms with Gasteiger partial charge in [0.2, 0.25) is 0 Å².